The first-order valence-corrected chi connectivity index (χ1v) is 5.01. The van der Waals surface area contributed by atoms with Crippen molar-refractivity contribution < 1.29 is 4.79 Å². The molecule has 0 aromatic carbocycles. The summed E-state index contributed by atoms with van der Waals surface area (Å²) in [6.45, 7) is 2.44. The van der Waals surface area contributed by atoms with Crippen molar-refractivity contribution in [2.45, 2.75) is 13.3 Å². The van der Waals surface area contributed by atoms with Gasteiger partial charge in [0.25, 0.3) is 0 Å². The highest BCUT2D eigenvalue weighted by molar-refractivity contribution is 5.91. The Labute approximate surface area is 90.3 Å². The van der Waals surface area contributed by atoms with Crippen molar-refractivity contribution in [1.29, 1.82) is 0 Å². The van der Waals surface area contributed by atoms with Crippen LogP contribution in [0, 0.1) is 0 Å². The van der Waals surface area contributed by atoms with Gasteiger partial charge in [0.15, 0.2) is 0 Å². The van der Waals surface area contributed by atoms with Crippen LogP contribution in [-0.2, 0) is 11.2 Å². The molecule has 1 heterocycles. The lowest BCUT2D eigenvalue weighted by atomic mass is 10.2. The molecule has 1 rings (SSSR count). The van der Waals surface area contributed by atoms with Gasteiger partial charge >= 0.3 is 0 Å². The Morgan fingerprint density at radius 3 is 2.67 bits per heavy atom. The summed E-state index contributed by atoms with van der Waals surface area (Å²) in [5.41, 5.74) is 1.17. The third kappa shape index (κ3) is 4.08. The first-order valence-electron chi connectivity index (χ1n) is 5.01. The van der Waals surface area contributed by atoms with Crippen LogP contribution in [-0.4, -0.2) is 36.4 Å². The number of carbonyl (C=O) groups excluding carboxylic acids is 1. The molecule has 4 heteroatoms. The topological polar surface area (TPSA) is 45.2 Å². The van der Waals surface area contributed by atoms with Gasteiger partial charge in [-0.1, -0.05) is 13.0 Å². The molecule has 1 N–H and O–H groups in total. The minimum atomic E-state index is -0.0447. The van der Waals surface area contributed by atoms with Crippen molar-refractivity contribution in [2.75, 3.05) is 26.0 Å². The lowest BCUT2D eigenvalue weighted by molar-refractivity contribution is -0.116. The van der Waals surface area contributed by atoms with Gasteiger partial charge in [0.2, 0.25) is 5.91 Å². The Morgan fingerprint density at radius 2 is 2.20 bits per heavy atom. The molecule has 0 saturated carbocycles. The Hall–Kier alpha value is -1.42. The van der Waals surface area contributed by atoms with Crippen molar-refractivity contribution in [3.05, 3.63) is 23.9 Å². The van der Waals surface area contributed by atoms with E-state index in [1.54, 1.807) is 6.20 Å². The smallest absolute Gasteiger partial charge is 0.239 e. The van der Waals surface area contributed by atoms with Crippen LogP contribution in [0.15, 0.2) is 18.3 Å². The molecule has 1 aromatic rings. The molecule has 0 radical (unpaired) electrons. The van der Waals surface area contributed by atoms with Crippen molar-refractivity contribution in [2.24, 2.45) is 0 Å². The molecule has 1 aromatic heterocycles. The third-order valence-corrected chi connectivity index (χ3v) is 1.96. The molecule has 82 valence electrons. The fourth-order valence-corrected chi connectivity index (χ4v) is 1.18. The number of pyridine rings is 1. The van der Waals surface area contributed by atoms with E-state index >= 15 is 0 Å². The zero-order valence-electron chi connectivity index (χ0n) is 9.45. The second-order valence-electron chi connectivity index (χ2n) is 3.69. The number of carbonyl (C=O) groups is 1. The molecule has 0 aliphatic rings. The number of nitrogens with one attached hydrogen (secondary N) is 1. The number of hydrogen-bond donors (Lipinski definition) is 1. The summed E-state index contributed by atoms with van der Waals surface area (Å²) >= 11 is 0. The third-order valence-electron chi connectivity index (χ3n) is 1.96. The first-order chi connectivity index (χ1) is 7.11. The summed E-state index contributed by atoms with van der Waals surface area (Å²) in [6.07, 6.45) is 2.74. The van der Waals surface area contributed by atoms with E-state index in [0.717, 1.165) is 6.42 Å². The van der Waals surface area contributed by atoms with Gasteiger partial charge in [-0.3, -0.25) is 4.79 Å². The largest absolute Gasteiger partial charge is 0.310 e. The van der Waals surface area contributed by atoms with Crippen LogP contribution in [0.25, 0.3) is 0 Å². The number of likely N-dealkylation sites (N-methyl/N-ethyl adjacent to an activating group) is 1. The van der Waals surface area contributed by atoms with Crippen molar-refractivity contribution in [3.8, 4) is 0 Å². The number of nitrogens with zero attached hydrogens (tertiary/aromatic N) is 2. The summed E-state index contributed by atoms with van der Waals surface area (Å²) in [5.74, 6) is 0.566. The van der Waals surface area contributed by atoms with Crippen LogP contribution in [0.3, 0.4) is 0 Å². The van der Waals surface area contributed by atoms with Crippen molar-refractivity contribution in [3.63, 3.8) is 0 Å². The number of hydrogen-bond acceptors (Lipinski definition) is 3. The normalized spacial score (nSPS) is 10.4. The Morgan fingerprint density at radius 1 is 1.47 bits per heavy atom. The second-order valence-corrected chi connectivity index (χ2v) is 3.69. The molecule has 0 fully saturated rings. The highest BCUT2D eigenvalue weighted by Crippen LogP contribution is 2.05. The van der Waals surface area contributed by atoms with Gasteiger partial charge in [-0.15, -0.1) is 0 Å². The van der Waals surface area contributed by atoms with E-state index in [1.807, 2.05) is 31.1 Å². The molecule has 15 heavy (non-hydrogen) atoms. The van der Waals surface area contributed by atoms with E-state index in [4.69, 9.17) is 0 Å². The standard InChI is InChI=1S/C11H17N3O/c1-4-9-5-6-10(12-7-9)13-11(15)8-14(2)3/h5-7H,4,8H2,1-3H3,(H,12,13,15). The average molecular weight is 207 g/mol. The fraction of sp³-hybridized carbons (Fsp3) is 0.455. The Kier molecular flexibility index (Phi) is 4.24. The summed E-state index contributed by atoms with van der Waals surface area (Å²) in [6, 6.07) is 3.80. The average Bonchev–Trinajstić information content (AvgIpc) is 2.17. The zero-order valence-corrected chi connectivity index (χ0v) is 9.45. The van der Waals surface area contributed by atoms with E-state index in [0.29, 0.717) is 12.4 Å². The maximum absolute atomic E-state index is 11.4. The molecular formula is C11H17N3O. The first kappa shape index (κ1) is 11.7. The van der Waals surface area contributed by atoms with Crippen molar-refractivity contribution in [1.82, 2.24) is 9.88 Å². The van der Waals surface area contributed by atoms with Gasteiger partial charge in [-0.2, -0.15) is 0 Å². The highest BCUT2D eigenvalue weighted by Gasteiger charge is 2.03. The molecule has 4 nitrogen and oxygen atoms in total. The fourth-order valence-electron chi connectivity index (χ4n) is 1.18. The van der Waals surface area contributed by atoms with Gasteiger partial charge in [0.05, 0.1) is 6.54 Å². The lowest BCUT2D eigenvalue weighted by Crippen LogP contribution is -2.27. The van der Waals surface area contributed by atoms with Crippen LogP contribution in [0.1, 0.15) is 12.5 Å². The SMILES string of the molecule is CCc1ccc(NC(=O)CN(C)C)nc1. The van der Waals surface area contributed by atoms with E-state index in [9.17, 15) is 4.79 Å². The van der Waals surface area contributed by atoms with Crippen LogP contribution in [0.5, 0.6) is 0 Å². The zero-order chi connectivity index (χ0) is 11.3. The van der Waals surface area contributed by atoms with Gasteiger partial charge in [0, 0.05) is 6.20 Å². The molecule has 0 bridgehead atoms. The minimum absolute atomic E-state index is 0.0447. The number of amides is 1. The number of rotatable bonds is 4. The summed E-state index contributed by atoms with van der Waals surface area (Å²) < 4.78 is 0. The van der Waals surface area contributed by atoms with Crippen LogP contribution in [0.4, 0.5) is 5.82 Å². The Bertz CT molecular complexity index is 319. The Balaban J connectivity index is 2.53. The molecule has 1 amide bonds. The van der Waals surface area contributed by atoms with Gasteiger partial charge in [-0.05, 0) is 32.1 Å². The number of anilines is 1. The summed E-state index contributed by atoms with van der Waals surface area (Å²) in [5, 5.41) is 2.73. The van der Waals surface area contributed by atoms with Crippen molar-refractivity contribution >= 4 is 11.7 Å². The van der Waals surface area contributed by atoms with Gasteiger partial charge in [-0.25, -0.2) is 4.98 Å². The van der Waals surface area contributed by atoms with E-state index in [2.05, 4.69) is 17.2 Å². The monoisotopic (exact) mass is 207 g/mol. The van der Waals surface area contributed by atoms with Crippen LogP contribution in [0.2, 0.25) is 0 Å². The highest BCUT2D eigenvalue weighted by atomic mass is 16.2. The summed E-state index contributed by atoms with van der Waals surface area (Å²) in [7, 11) is 3.71. The maximum atomic E-state index is 11.4. The maximum Gasteiger partial charge on any atom is 0.239 e. The lowest BCUT2D eigenvalue weighted by Gasteiger charge is -2.09. The quantitative estimate of drug-likeness (QED) is 0.805. The number of aromatic nitrogens is 1. The molecule has 0 spiro atoms. The molecule has 0 saturated heterocycles. The van der Waals surface area contributed by atoms with E-state index in [-0.39, 0.29) is 5.91 Å². The van der Waals surface area contributed by atoms with Gasteiger partial charge in [0.1, 0.15) is 5.82 Å². The van der Waals surface area contributed by atoms with Crippen LogP contribution < -0.4 is 5.32 Å². The predicted octanol–water partition coefficient (Wildman–Crippen LogP) is 1.14. The molecule has 0 unspecified atom stereocenters. The molecule has 0 aliphatic carbocycles. The molecule has 0 aliphatic heterocycles. The molecular weight excluding hydrogens is 190 g/mol. The second kappa shape index (κ2) is 5.46. The molecule has 0 atom stereocenters. The summed E-state index contributed by atoms with van der Waals surface area (Å²) in [4.78, 5) is 17.3. The number of aryl methyl sites for hydroxylation is 1. The predicted molar refractivity (Wildman–Crippen MR) is 60.8 cm³/mol. The van der Waals surface area contributed by atoms with Crippen LogP contribution >= 0.6 is 0 Å². The van der Waals surface area contributed by atoms with Gasteiger partial charge < -0.3 is 10.2 Å². The van der Waals surface area contributed by atoms with E-state index in [1.165, 1.54) is 5.56 Å². The minimum Gasteiger partial charge on any atom is -0.310 e. The van der Waals surface area contributed by atoms with E-state index < -0.39 is 0 Å².